The third-order valence-corrected chi connectivity index (χ3v) is 2.89. The minimum atomic E-state index is -0.869. The maximum Gasteiger partial charge on any atom is 0.347 e. The lowest BCUT2D eigenvalue weighted by molar-refractivity contribution is -0.159. The van der Waals surface area contributed by atoms with Crippen LogP contribution in [-0.4, -0.2) is 44.2 Å². The zero-order valence-corrected chi connectivity index (χ0v) is 11.5. The molecule has 1 aliphatic rings. The van der Waals surface area contributed by atoms with E-state index in [2.05, 4.69) is 10.1 Å². The highest BCUT2D eigenvalue weighted by Gasteiger charge is 2.30. The molecule has 0 bridgehead atoms. The fourth-order valence-corrected chi connectivity index (χ4v) is 1.80. The lowest BCUT2D eigenvalue weighted by Gasteiger charge is -2.09. The van der Waals surface area contributed by atoms with Crippen molar-refractivity contribution >= 4 is 17.8 Å². The highest BCUT2D eigenvalue weighted by Crippen LogP contribution is 2.12. The summed E-state index contributed by atoms with van der Waals surface area (Å²) in [6.07, 6.45) is -0.528. The Kier molecular flexibility index (Phi) is 4.76. The number of benzene rings is 1. The predicted octanol–water partition coefficient (Wildman–Crippen LogP) is 0.284. The topological polar surface area (TPSA) is 90.9 Å². The summed E-state index contributed by atoms with van der Waals surface area (Å²) in [5.41, 5.74) is 0.363. The number of esters is 2. The molecule has 1 heterocycles. The van der Waals surface area contributed by atoms with Crippen molar-refractivity contribution in [3.05, 3.63) is 29.8 Å². The molecule has 1 saturated heterocycles. The number of hydrogen-bond acceptors (Lipinski definition) is 6. The molecule has 7 nitrogen and oxygen atoms in total. The summed E-state index contributed by atoms with van der Waals surface area (Å²) in [6.45, 7) is -0.0766. The summed E-state index contributed by atoms with van der Waals surface area (Å²) >= 11 is 0. The summed E-state index contributed by atoms with van der Waals surface area (Å²) in [6, 6.07) is 6.52. The zero-order chi connectivity index (χ0) is 15.2. The molecule has 0 unspecified atom stereocenters. The van der Waals surface area contributed by atoms with Crippen LogP contribution in [0.15, 0.2) is 24.3 Å². The number of carbonyl (C=O) groups excluding carboxylic acids is 3. The van der Waals surface area contributed by atoms with Crippen molar-refractivity contribution in [2.75, 3.05) is 20.3 Å². The molecule has 1 aliphatic heterocycles. The largest absolute Gasteiger partial charge is 0.497 e. The SMILES string of the molecule is COc1cccc(C(=O)NCC(=O)O[C@@H]2CCOC2=O)c1. The van der Waals surface area contributed by atoms with Crippen LogP contribution < -0.4 is 10.1 Å². The van der Waals surface area contributed by atoms with E-state index in [0.29, 0.717) is 17.7 Å². The first-order valence-corrected chi connectivity index (χ1v) is 6.38. The van der Waals surface area contributed by atoms with Crippen molar-refractivity contribution in [3.8, 4) is 5.75 Å². The molecule has 1 fully saturated rings. The average molecular weight is 293 g/mol. The molecule has 1 amide bonds. The summed E-state index contributed by atoms with van der Waals surface area (Å²) in [7, 11) is 1.50. The Morgan fingerprint density at radius 1 is 1.43 bits per heavy atom. The monoisotopic (exact) mass is 293 g/mol. The van der Waals surface area contributed by atoms with Gasteiger partial charge in [-0.15, -0.1) is 0 Å². The Bertz CT molecular complexity index is 556. The van der Waals surface area contributed by atoms with E-state index >= 15 is 0 Å². The van der Waals surface area contributed by atoms with Gasteiger partial charge in [0.05, 0.1) is 13.7 Å². The van der Waals surface area contributed by atoms with Gasteiger partial charge in [0.15, 0.2) is 0 Å². The average Bonchev–Trinajstić information content (AvgIpc) is 2.90. The molecule has 0 saturated carbocycles. The number of cyclic esters (lactones) is 1. The number of ether oxygens (including phenoxy) is 3. The summed E-state index contributed by atoms with van der Waals surface area (Å²) < 4.78 is 14.6. The van der Waals surface area contributed by atoms with Crippen LogP contribution >= 0.6 is 0 Å². The molecule has 0 radical (unpaired) electrons. The lowest BCUT2D eigenvalue weighted by Crippen LogP contribution is -2.33. The van der Waals surface area contributed by atoms with Crippen LogP contribution in [0.3, 0.4) is 0 Å². The van der Waals surface area contributed by atoms with E-state index in [4.69, 9.17) is 9.47 Å². The molecule has 1 N–H and O–H groups in total. The van der Waals surface area contributed by atoms with Gasteiger partial charge in [0.2, 0.25) is 6.10 Å². The fraction of sp³-hybridized carbons (Fsp3) is 0.357. The first kappa shape index (κ1) is 14.8. The summed E-state index contributed by atoms with van der Waals surface area (Å²) in [4.78, 5) is 34.5. The van der Waals surface area contributed by atoms with Gasteiger partial charge in [0, 0.05) is 12.0 Å². The normalized spacial score (nSPS) is 17.0. The van der Waals surface area contributed by atoms with E-state index in [1.54, 1.807) is 24.3 Å². The molecule has 0 spiro atoms. The summed E-state index contributed by atoms with van der Waals surface area (Å²) in [5.74, 6) is -1.13. The van der Waals surface area contributed by atoms with Crippen LogP contribution in [0.1, 0.15) is 16.8 Å². The van der Waals surface area contributed by atoms with Crippen molar-refractivity contribution < 1.29 is 28.6 Å². The minimum absolute atomic E-state index is 0.243. The van der Waals surface area contributed by atoms with Gasteiger partial charge < -0.3 is 19.5 Å². The van der Waals surface area contributed by atoms with Gasteiger partial charge >= 0.3 is 11.9 Å². The van der Waals surface area contributed by atoms with Crippen LogP contribution in [0.5, 0.6) is 5.75 Å². The lowest BCUT2D eigenvalue weighted by atomic mass is 10.2. The van der Waals surface area contributed by atoms with Gasteiger partial charge in [-0.25, -0.2) is 4.79 Å². The molecule has 2 rings (SSSR count). The van der Waals surface area contributed by atoms with Crippen LogP contribution in [0, 0.1) is 0 Å². The number of carbonyl (C=O) groups is 3. The van der Waals surface area contributed by atoms with Crippen molar-refractivity contribution in [3.63, 3.8) is 0 Å². The van der Waals surface area contributed by atoms with Gasteiger partial charge in [-0.3, -0.25) is 9.59 Å². The van der Waals surface area contributed by atoms with Gasteiger partial charge in [-0.2, -0.15) is 0 Å². The quantitative estimate of drug-likeness (QED) is 0.784. The molecule has 112 valence electrons. The highest BCUT2D eigenvalue weighted by atomic mass is 16.6. The molecule has 0 aromatic heterocycles. The first-order valence-electron chi connectivity index (χ1n) is 6.38. The highest BCUT2D eigenvalue weighted by molar-refractivity contribution is 5.96. The number of rotatable bonds is 5. The van der Waals surface area contributed by atoms with E-state index in [1.165, 1.54) is 7.11 Å². The smallest absolute Gasteiger partial charge is 0.347 e. The maximum absolute atomic E-state index is 11.9. The first-order chi connectivity index (χ1) is 10.1. The van der Waals surface area contributed by atoms with Crippen molar-refractivity contribution in [1.29, 1.82) is 0 Å². The third kappa shape index (κ3) is 3.95. The maximum atomic E-state index is 11.9. The second-order valence-electron chi connectivity index (χ2n) is 4.35. The number of hydrogen-bond donors (Lipinski definition) is 1. The molecular weight excluding hydrogens is 278 g/mol. The fourth-order valence-electron chi connectivity index (χ4n) is 1.80. The predicted molar refractivity (Wildman–Crippen MR) is 70.8 cm³/mol. The number of methoxy groups -OCH3 is 1. The molecule has 0 aliphatic carbocycles. The molecule has 7 heteroatoms. The molecule has 1 aromatic rings. The van der Waals surface area contributed by atoms with Gasteiger partial charge in [-0.05, 0) is 18.2 Å². The Labute approximate surface area is 121 Å². The van der Waals surface area contributed by atoms with E-state index in [1.807, 2.05) is 0 Å². The number of amides is 1. The molecule has 21 heavy (non-hydrogen) atoms. The standard InChI is InChI=1S/C14H15NO6/c1-19-10-4-2-3-9(7-10)13(17)15-8-12(16)21-11-5-6-20-14(11)18/h2-4,7,11H,5-6,8H2,1H3,(H,15,17)/t11-/m1/s1. The van der Waals surface area contributed by atoms with E-state index < -0.39 is 23.9 Å². The van der Waals surface area contributed by atoms with Gasteiger partial charge in [-0.1, -0.05) is 6.07 Å². The Morgan fingerprint density at radius 3 is 2.90 bits per heavy atom. The van der Waals surface area contributed by atoms with Crippen molar-refractivity contribution in [1.82, 2.24) is 5.32 Å². The molecule has 1 atom stereocenters. The van der Waals surface area contributed by atoms with E-state index in [9.17, 15) is 14.4 Å². The molecule has 1 aromatic carbocycles. The van der Waals surface area contributed by atoms with Crippen LogP contribution in [-0.2, 0) is 19.1 Å². The third-order valence-electron chi connectivity index (χ3n) is 2.89. The van der Waals surface area contributed by atoms with Gasteiger partial charge in [0.25, 0.3) is 5.91 Å². The van der Waals surface area contributed by atoms with Crippen LogP contribution in [0.2, 0.25) is 0 Å². The van der Waals surface area contributed by atoms with Crippen LogP contribution in [0.4, 0.5) is 0 Å². The Balaban J connectivity index is 1.82. The summed E-state index contributed by atoms with van der Waals surface area (Å²) in [5, 5.41) is 2.42. The molecular formula is C14H15NO6. The second-order valence-corrected chi connectivity index (χ2v) is 4.35. The zero-order valence-electron chi connectivity index (χ0n) is 11.5. The van der Waals surface area contributed by atoms with Crippen molar-refractivity contribution in [2.45, 2.75) is 12.5 Å². The number of nitrogens with one attached hydrogen (secondary N) is 1. The van der Waals surface area contributed by atoms with Gasteiger partial charge in [0.1, 0.15) is 12.3 Å². The Hall–Kier alpha value is -2.57. The minimum Gasteiger partial charge on any atom is -0.497 e. The van der Waals surface area contributed by atoms with E-state index in [-0.39, 0.29) is 13.2 Å². The Morgan fingerprint density at radius 2 is 2.24 bits per heavy atom. The van der Waals surface area contributed by atoms with Crippen LogP contribution in [0.25, 0.3) is 0 Å². The second kappa shape index (κ2) is 6.74. The van der Waals surface area contributed by atoms with E-state index in [0.717, 1.165) is 0 Å². The van der Waals surface area contributed by atoms with Crippen molar-refractivity contribution in [2.24, 2.45) is 0 Å².